The normalized spacial score (nSPS) is 11.1. The summed E-state index contributed by atoms with van der Waals surface area (Å²) in [5, 5.41) is 3.68. The van der Waals surface area contributed by atoms with Crippen LogP contribution in [0.5, 0.6) is 0 Å². The van der Waals surface area contributed by atoms with Crippen molar-refractivity contribution in [3.8, 4) is 5.69 Å². The maximum absolute atomic E-state index is 14.0. The van der Waals surface area contributed by atoms with Gasteiger partial charge in [0.05, 0.1) is 11.1 Å². The molecule has 2 aromatic carbocycles. The molecule has 0 atom stereocenters. The van der Waals surface area contributed by atoms with E-state index in [2.05, 4.69) is 15.3 Å². The van der Waals surface area contributed by atoms with Crippen LogP contribution in [0.15, 0.2) is 54.9 Å². The summed E-state index contributed by atoms with van der Waals surface area (Å²) in [6, 6.07) is 13.1. The number of anilines is 2. The van der Waals surface area contributed by atoms with Gasteiger partial charge in [-0.25, -0.2) is 18.7 Å². The summed E-state index contributed by atoms with van der Waals surface area (Å²) >= 11 is 0. The van der Waals surface area contributed by atoms with Gasteiger partial charge in [-0.2, -0.15) is 0 Å². The Hall–Kier alpha value is -3.28. The Morgan fingerprint density at radius 3 is 2.50 bits per heavy atom. The highest BCUT2D eigenvalue weighted by atomic mass is 19.1. The standard InChI is InChI=1S/C20H16F2N4/c1-12-13(2)26(15-6-4-3-5-7-15)20-18(12)19(23-11-24-20)25-17-10-14(21)8-9-16(17)22/h3-11H,1-2H3,(H,23,24,25). The fourth-order valence-corrected chi connectivity index (χ4v) is 3.11. The summed E-state index contributed by atoms with van der Waals surface area (Å²) in [5.41, 5.74) is 3.71. The highest BCUT2D eigenvalue weighted by Crippen LogP contribution is 2.33. The van der Waals surface area contributed by atoms with E-state index in [1.165, 1.54) is 6.33 Å². The predicted molar refractivity (Wildman–Crippen MR) is 98.0 cm³/mol. The van der Waals surface area contributed by atoms with Crippen molar-refractivity contribution < 1.29 is 8.78 Å². The molecule has 0 amide bonds. The fourth-order valence-electron chi connectivity index (χ4n) is 3.11. The molecule has 0 radical (unpaired) electrons. The van der Waals surface area contributed by atoms with Crippen LogP contribution in [-0.4, -0.2) is 14.5 Å². The van der Waals surface area contributed by atoms with E-state index in [1.54, 1.807) is 0 Å². The molecule has 26 heavy (non-hydrogen) atoms. The third kappa shape index (κ3) is 2.60. The van der Waals surface area contributed by atoms with Gasteiger partial charge in [0.2, 0.25) is 0 Å². The van der Waals surface area contributed by atoms with Gasteiger partial charge in [0.1, 0.15) is 23.8 Å². The van der Waals surface area contributed by atoms with Crippen LogP contribution in [0.3, 0.4) is 0 Å². The average Bonchev–Trinajstić information content (AvgIpc) is 2.91. The maximum atomic E-state index is 14.0. The van der Waals surface area contributed by atoms with Crippen molar-refractivity contribution in [3.05, 3.63) is 77.8 Å². The van der Waals surface area contributed by atoms with Crippen LogP contribution in [0.4, 0.5) is 20.3 Å². The molecule has 0 aliphatic carbocycles. The number of halogens is 2. The van der Waals surface area contributed by atoms with Crippen LogP contribution in [-0.2, 0) is 0 Å². The number of para-hydroxylation sites is 1. The van der Waals surface area contributed by atoms with E-state index in [9.17, 15) is 8.78 Å². The van der Waals surface area contributed by atoms with Crippen LogP contribution in [0, 0.1) is 25.5 Å². The summed E-state index contributed by atoms with van der Waals surface area (Å²) in [7, 11) is 0. The average molecular weight is 350 g/mol. The van der Waals surface area contributed by atoms with Gasteiger partial charge in [0.25, 0.3) is 0 Å². The van der Waals surface area contributed by atoms with E-state index in [0.717, 1.165) is 40.5 Å². The second-order valence-corrected chi connectivity index (χ2v) is 6.05. The SMILES string of the molecule is Cc1c(C)n(-c2ccccc2)c2ncnc(Nc3cc(F)ccc3F)c12. The van der Waals surface area contributed by atoms with Crippen molar-refractivity contribution in [2.75, 3.05) is 5.32 Å². The van der Waals surface area contributed by atoms with Gasteiger partial charge in [0.15, 0.2) is 5.65 Å². The molecule has 2 aromatic heterocycles. The summed E-state index contributed by atoms with van der Waals surface area (Å²) < 4.78 is 29.5. The number of hydrogen-bond acceptors (Lipinski definition) is 3. The van der Waals surface area contributed by atoms with Gasteiger partial charge in [-0.1, -0.05) is 18.2 Å². The number of fused-ring (bicyclic) bond motifs is 1. The number of hydrogen-bond donors (Lipinski definition) is 1. The number of nitrogens with one attached hydrogen (secondary N) is 1. The van der Waals surface area contributed by atoms with Crippen molar-refractivity contribution in [2.24, 2.45) is 0 Å². The zero-order chi connectivity index (χ0) is 18.3. The summed E-state index contributed by atoms with van der Waals surface area (Å²) in [4.78, 5) is 8.68. The third-order valence-corrected chi connectivity index (χ3v) is 4.49. The monoisotopic (exact) mass is 350 g/mol. The molecule has 6 heteroatoms. The Bertz CT molecular complexity index is 1100. The molecule has 4 rings (SSSR count). The van der Waals surface area contributed by atoms with Gasteiger partial charge in [-0.3, -0.25) is 4.57 Å². The van der Waals surface area contributed by atoms with E-state index >= 15 is 0 Å². The van der Waals surface area contributed by atoms with E-state index < -0.39 is 11.6 Å². The molecule has 0 bridgehead atoms. The minimum absolute atomic E-state index is 0.0366. The highest BCUT2D eigenvalue weighted by molar-refractivity contribution is 5.94. The fraction of sp³-hybridized carbons (Fsp3) is 0.100. The number of rotatable bonds is 3. The molecule has 0 saturated heterocycles. The first kappa shape index (κ1) is 16.2. The molecule has 4 aromatic rings. The number of benzene rings is 2. The van der Waals surface area contributed by atoms with Crippen LogP contribution in [0.1, 0.15) is 11.3 Å². The topological polar surface area (TPSA) is 42.7 Å². The lowest BCUT2D eigenvalue weighted by Gasteiger charge is -2.09. The smallest absolute Gasteiger partial charge is 0.150 e. The zero-order valence-electron chi connectivity index (χ0n) is 14.3. The molecule has 0 saturated carbocycles. The Morgan fingerprint density at radius 2 is 1.73 bits per heavy atom. The summed E-state index contributed by atoms with van der Waals surface area (Å²) in [6.45, 7) is 3.96. The second kappa shape index (κ2) is 6.22. The quantitative estimate of drug-likeness (QED) is 0.562. The Labute approximate surface area is 149 Å². The van der Waals surface area contributed by atoms with Gasteiger partial charge in [-0.15, -0.1) is 0 Å². The summed E-state index contributed by atoms with van der Waals surface area (Å²) in [5.74, 6) is -0.626. The number of nitrogens with zero attached hydrogens (tertiary/aromatic N) is 3. The van der Waals surface area contributed by atoms with E-state index in [-0.39, 0.29) is 5.69 Å². The van der Waals surface area contributed by atoms with Crippen molar-refractivity contribution in [1.82, 2.24) is 14.5 Å². The Morgan fingerprint density at radius 1 is 0.962 bits per heavy atom. The molecule has 0 spiro atoms. The van der Waals surface area contributed by atoms with Gasteiger partial charge < -0.3 is 5.32 Å². The second-order valence-electron chi connectivity index (χ2n) is 6.05. The van der Waals surface area contributed by atoms with Crippen molar-refractivity contribution >= 4 is 22.5 Å². The lowest BCUT2D eigenvalue weighted by molar-refractivity contribution is 0.603. The zero-order valence-corrected chi connectivity index (χ0v) is 14.3. The first-order valence-corrected chi connectivity index (χ1v) is 8.16. The number of aromatic nitrogens is 3. The van der Waals surface area contributed by atoms with E-state index in [0.29, 0.717) is 11.5 Å². The van der Waals surface area contributed by atoms with E-state index in [4.69, 9.17) is 0 Å². The van der Waals surface area contributed by atoms with Crippen molar-refractivity contribution in [2.45, 2.75) is 13.8 Å². The highest BCUT2D eigenvalue weighted by Gasteiger charge is 2.18. The van der Waals surface area contributed by atoms with Crippen molar-refractivity contribution in [3.63, 3.8) is 0 Å². The molecule has 4 nitrogen and oxygen atoms in total. The first-order valence-electron chi connectivity index (χ1n) is 8.16. The first-order chi connectivity index (χ1) is 12.6. The third-order valence-electron chi connectivity index (χ3n) is 4.49. The Balaban J connectivity index is 1.92. The Kier molecular flexibility index (Phi) is 3.88. The molecule has 0 unspecified atom stereocenters. The molecule has 0 fully saturated rings. The van der Waals surface area contributed by atoms with Gasteiger partial charge in [0, 0.05) is 17.4 Å². The lowest BCUT2D eigenvalue weighted by atomic mass is 10.2. The van der Waals surface area contributed by atoms with Gasteiger partial charge in [-0.05, 0) is 43.7 Å². The number of aryl methyl sites for hydroxylation is 1. The molecule has 0 aliphatic rings. The van der Waals surface area contributed by atoms with Crippen molar-refractivity contribution in [1.29, 1.82) is 0 Å². The van der Waals surface area contributed by atoms with Crippen LogP contribution in [0.2, 0.25) is 0 Å². The minimum Gasteiger partial charge on any atom is -0.337 e. The maximum Gasteiger partial charge on any atom is 0.150 e. The molecule has 130 valence electrons. The summed E-state index contributed by atoms with van der Waals surface area (Å²) in [6.07, 6.45) is 1.42. The molecule has 0 aliphatic heterocycles. The lowest BCUT2D eigenvalue weighted by Crippen LogP contribution is -2.00. The molecular weight excluding hydrogens is 334 g/mol. The van der Waals surface area contributed by atoms with Crippen LogP contribution in [0.25, 0.3) is 16.7 Å². The minimum atomic E-state index is -0.546. The molecular formula is C20H16F2N4. The predicted octanol–water partition coefficient (Wildman–Crippen LogP) is 5.06. The largest absolute Gasteiger partial charge is 0.337 e. The van der Waals surface area contributed by atoms with Crippen LogP contribution < -0.4 is 5.32 Å². The van der Waals surface area contributed by atoms with Gasteiger partial charge >= 0.3 is 0 Å². The van der Waals surface area contributed by atoms with E-state index in [1.807, 2.05) is 48.7 Å². The molecule has 1 N–H and O–H groups in total. The van der Waals surface area contributed by atoms with Crippen LogP contribution >= 0.6 is 0 Å². The molecule has 2 heterocycles.